The van der Waals surface area contributed by atoms with Gasteiger partial charge in [0.1, 0.15) is 11.4 Å². The molecule has 0 radical (unpaired) electrons. The van der Waals surface area contributed by atoms with Gasteiger partial charge in [0.05, 0.1) is 0 Å². The van der Waals surface area contributed by atoms with Crippen LogP contribution in [0.15, 0.2) is 18.2 Å². The molecule has 74 valence electrons. The Morgan fingerprint density at radius 2 is 2.14 bits per heavy atom. The third kappa shape index (κ3) is 1.28. The highest BCUT2D eigenvalue weighted by molar-refractivity contribution is 5.90. The molecule has 0 unspecified atom stereocenters. The molecule has 14 heavy (non-hydrogen) atoms. The van der Waals surface area contributed by atoms with Crippen LogP contribution in [0.2, 0.25) is 0 Å². The summed E-state index contributed by atoms with van der Waals surface area (Å²) in [7, 11) is 0. The minimum absolute atomic E-state index is 0.285. The van der Waals surface area contributed by atoms with E-state index in [-0.39, 0.29) is 5.56 Å². The maximum atomic E-state index is 13.2. The van der Waals surface area contributed by atoms with Gasteiger partial charge < -0.3 is 10.8 Å². The van der Waals surface area contributed by atoms with Crippen LogP contribution in [0.3, 0.4) is 0 Å². The first-order valence-corrected chi connectivity index (χ1v) is 4.36. The van der Waals surface area contributed by atoms with Crippen LogP contribution in [0, 0.1) is 5.82 Å². The average Bonchev–Trinajstić information content (AvgIpc) is 2.84. The van der Waals surface area contributed by atoms with E-state index in [1.807, 2.05) is 0 Å². The second-order valence-corrected chi connectivity index (χ2v) is 3.62. The highest BCUT2D eigenvalue weighted by atomic mass is 19.1. The third-order valence-electron chi connectivity index (χ3n) is 2.55. The van der Waals surface area contributed by atoms with E-state index < -0.39 is 17.3 Å². The van der Waals surface area contributed by atoms with Crippen molar-refractivity contribution in [3.8, 4) is 0 Å². The highest BCUT2D eigenvalue weighted by Crippen LogP contribution is 2.44. The maximum Gasteiger partial charge on any atom is 0.339 e. The van der Waals surface area contributed by atoms with Crippen LogP contribution < -0.4 is 5.73 Å². The molecule has 1 aromatic rings. The van der Waals surface area contributed by atoms with Gasteiger partial charge in [-0.1, -0.05) is 12.1 Å². The zero-order valence-electron chi connectivity index (χ0n) is 7.46. The van der Waals surface area contributed by atoms with Gasteiger partial charge >= 0.3 is 5.97 Å². The van der Waals surface area contributed by atoms with Gasteiger partial charge in [-0.25, -0.2) is 9.18 Å². The summed E-state index contributed by atoms with van der Waals surface area (Å²) in [6.07, 6.45) is 1.44. The molecule has 3 N–H and O–H groups in total. The summed E-state index contributed by atoms with van der Waals surface area (Å²) in [4.78, 5) is 10.8. The van der Waals surface area contributed by atoms with Crippen LogP contribution in [0.25, 0.3) is 0 Å². The molecule has 0 spiro atoms. The van der Waals surface area contributed by atoms with Crippen LogP contribution in [0.1, 0.15) is 28.8 Å². The van der Waals surface area contributed by atoms with Crippen LogP contribution in [-0.2, 0) is 5.54 Å². The average molecular weight is 195 g/mol. The first kappa shape index (κ1) is 9.15. The number of aromatic carboxylic acids is 1. The van der Waals surface area contributed by atoms with Gasteiger partial charge in [-0.3, -0.25) is 0 Å². The standard InChI is InChI=1S/C10H10FNO2/c11-7-3-1-2-6(8(7)9(13)14)10(12)4-5-10/h1-3H,4-5,12H2,(H,13,14). The summed E-state index contributed by atoms with van der Waals surface area (Å²) in [5.74, 6) is -1.97. The van der Waals surface area contributed by atoms with E-state index in [0.29, 0.717) is 5.56 Å². The normalized spacial score (nSPS) is 17.9. The summed E-state index contributed by atoms with van der Waals surface area (Å²) in [6.45, 7) is 0. The number of rotatable bonds is 2. The molecule has 0 saturated heterocycles. The molecule has 3 nitrogen and oxygen atoms in total. The van der Waals surface area contributed by atoms with Gasteiger partial charge in [-0.15, -0.1) is 0 Å². The molecule has 1 aliphatic rings. The van der Waals surface area contributed by atoms with E-state index in [0.717, 1.165) is 18.9 Å². The van der Waals surface area contributed by atoms with Gasteiger partial charge in [0, 0.05) is 5.54 Å². The van der Waals surface area contributed by atoms with Crippen molar-refractivity contribution in [1.29, 1.82) is 0 Å². The predicted molar refractivity (Wildman–Crippen MR) is 48.5 cm³/mol. The number of halogens is 1. The van der Waals surface area contributed by atoms with Gasteiger partial charge in [0.15, 0.2) is 0 Å². The first-order valence-electron chi connectivity index (χ1n) is 4.36. The molecule has 1 saturated carbocycles. The van der Waals surface area contributed by atoms with Crippen molar-refractivity contribution < 1.29 is 14.3 Å². The smallest absolute Gasteiger partial charge is 0.339 e. The second kappa shape index (κ2) is 2.78. The van der Waals surface area contributed by atoms with E-state index in [1.165, 1.54) is 6.07 Å². The minimum Gasteiger partial charge on any atom is -0.478 e. The number of carbonyl (C=O) groups is 1. The molecular formula is C10H10FNO2. The summed E-state index contributed by atoms with van der Waals surface area (Å²) in [6, 6.07) is 4.21. The van der Waals surface area contributed by atoms with E-state index in [9.17, 15) is 9.18 Å². The predicted octanol–water partition coefficient (Wildman–Crippen LogP) is 1.47. The van der Waals surface area contributed by atoms with Crippen molar-refractivity contribution in [3.05, 3.63) is 35.1 Å². The first-order chi connectivity index (χ1) is 6.54. The Kier molecular flexibility index (Phi) is 1.82. The molecule has 1 aliphatic carbocycles. The molecule has 1 aromatic carbocycles. The molecule has 0 aliphatic heterocycles. The van der Waals surface area contributed by atoms with Crippen LogP contribution >= 0.6 is 0 Å². The lowest BCUT2D eigenvalue weighted by Gasteiger charge is -2.12. The number of benzene rings is 1. The van der Waals surface area contributed by atoms with E-state index in [2.05, 4.69) is 0 Å². The van der Waals surface area contributed by atoms with Crippen LogP contribution in [0.4, 0.5) is 4.39 Å². The fourth-order valence-corrected chi connectivity index (χ4v) is 1.56. The van der Waals surface area contributed by atoms with Crippen LogP contribution in [0.5, 0.6) is 0 Å². The van der Waals surface area contributed by atoms with E-state index in [1.54, 1.807) is 6.07 Å². The van der Waals surface area contributed by atoms with Gasteiger partial charge in [0.25, 0.3) is 0 Å². The SMILES string of the molecule is NC1(c2cccc(F)c2C(=O)O)CC1. The fourth-order valence-electron chi connectivity index (χ4n) is 1.56. The zero-order chi connectivity index (χ0) is 10.3. The lowest BCUT2D eigenvalue weighted by molar-refractivity contribution is 0.0689. The van der Waals surface area contributed by atoms with Gasteiger partial charge in [-0.2, -0.15) is 0 Å². The molecule has 2 rings (SSSR count). The minimum atomic E-state index is -1.25. The topological polar surface area (TPSA) is 63.3 Å². The van der Waals surface area contributed by atoms with Crippen LogP contribution in [-0.4, -0.2) is 11.1 Å². The van der Waals surface area contributed by atoms with Gasteiger partial charge in [0.2, 0.25) is 0 Å². The van der Waals surface area contributed by atoms with Crippen molar-refractivity contribution in [2.45, 2.75) is 18.4 Å². The molecule has 4 heteroatoms. The zero-order valence-corrected chi connectivity index (χ0v) is 7.46. The van der Waals surface area contributed by atoms with Crippen molar-refractivity contribution in [2.75, 3.05) is 0 Å². The van der Waals surface area contributed by atoms with Gasteiger partial charge in [-0.05, 0) is 24.5 Å². The number of carboxylic acids is 1. The molecule has 0 heterocycles. The lowest BCUT2D eigenvalue weighted by atomic mass is 9.98. The van der Waals surface area contributed by atoms with E-state index in [4.69, 9.17) is 10.8 Å². The molecule has 0 atom stereocenters. The molecule has 1 fully saturated rings. The number of nitrogens with two attached hydrogens (primary N) is 1. The molecule has 0 bridgehead atoms. The number of hydrogen-bond acceptors (Lipinski definition) is 2. The summed E-state index contributed by atoms with van der Waals surface area (Å²) in [5.41, 5.74) is 5.35. The van der Waals surface area contributed by atoms with Crippen molar-refractivity contribution in [2.24, 2.45) is 5.73 Å². The maximum absolute atomic E-state index is 13.2. The Bertz CT molecular complexity index is 399. The van der Waals surface area contributed by atoms with E-state index >= 15 is 0 Å². The monoisotopic (exact) mass is 195 g/mol. The van der Waals surface area contributed by atoms with Crippen molar-refractivity contribution in [1.82, 2.24) is 0 Å². The second-order valence-electron chi connectivity index (χ2n) is 3.62. The van der Waals surface area contributed by atoms with Crippen molar-refractivity contribution in [3.63, 3.8) is 0 Å². The highest BCUT2D eigenvalue weighted by Gasteiger charge is 2.43. The molecule has 0 aromatic heterocycles. The summed E-state index contributed by atoms with van der Waals surface area (Å²) in [5, 5.41) is 8.84. The Morgan fingerprint density at radius 1 is 1.50 bits per heavy atom. The Hall–Kier alpha value is -1.42. The van der Waals surface area contributed by atoms with Crippen molar-refractivity contribution >= 4 is 5.97 Å². The number of carboxylic acid groups (broad SMARTS) is 1. The summed E-state index contributed by atoms with van der Waals surface area (Å²) >= 11 is 0. The number of hydrogen-bond donors (Lipinski definition) is 2. The Morgan fingerprint density at radius 3 is 2.64 bits per heavy atom. The molecule has 0 amide bonds. The third-order valence-corrected chi connectivity index (χ3v) is 2.55. The Balaban J connectivity index is 2.59. The Labute approximate surface area is 80.3 Å². The fraction of sp³-hybridized carbons (Fsp3) is 0.300. The molecular weight excluding hydrogens is 185 g/mol. The lowest BCUT2D eigenvalue weighted by Crippen LogP contribution is -2.23. The quantitative estimate of drug-likeness (QED) is 0.751. The summed E-state index contributed by atoms with van der Waals surface area (Å²) < 4.78 is 13.2. The largest absolute Gasteiger partial charge is 0.478 e.